The summed E-state index contributed by atoms with van der Waals surface area (Å²) in [6.07, 6.45) is 0. The number of fused-ring (bicyclic) bond motifs is 7. The van der Waals surface area contributed by atoms with E-state index >= 15 is 0 Å². The Morgan fingerprint density at radius 2 is 0.942 bits per heavy atom. The largest absolute Gasteiger partial charge is 0.310 e. The Balaban J connectivity index is 0.989. The first-order valence-corrected chi connectivity index (χ1v) is 23.7. The predicted octanol–water partition coefficient (Wildman–Crippen LogP) is 17.2. The minimum absolute atomic E-state index is 0.241. The highest BCUT2D eigenvalue weighted by Crippen LogP contribution is 2.53. The zero-order valence-corrected chi connectivity index (χ0v) is 38.4. The van der Waals surface area contributed by atoms with Crippen LogP contribution in [-0.2, 0) is 5.41 Å². The molecule has 1 aliphatic heterocycles. The van der Waals surface area contributed by atoms with Gasteiger partial charge in [0.15, 0.2) is 5.82 Å². The molecule has 0 aliphatic carbocycles. The summed E-state index contributed by atoms with van der Waals surface area (Å²) in [6, 6.07) is 87.4. The lowest BCUT2D eigenvalue weighted by molar-refractivity contribution is 0.632. The van der Waals surface area contributed by atoms with E-state index in [0.717, 1.165) is 50.5 Å². The minimum atomic E-state index is -0.241. The molecule has 3 heterocycles. The maximum atomic E-state index is 5.27. The molecule has 1 aliphatic rings. The molecule has 69 heavy (non-hydrogen) atoms. The molecule has 0 saturated heterocycles. The third kappa shape index (κ3) is 6.75. The third-order valence-electron chi connectivity index (χ3n) is 14.2. The van der Waals surface area contributed by atoms with Crippen LogP contribution in [0.1, 0.15) is 25.0 Å². The van der Waals surface area contributed by atoms with E-state index in [0.29, 0.717) is 5.82 Å². The summed E-state index contributed by atoms with van der Waals surface area (Å²) in [5.74, 6) is 0.692. The minimum Gasteiger partial charge on any atom is -0.310 e. The zero-order chi connectivity index (χ0) is 46.1. The van der Waals surface area contributed by atoms with Gasteiger partial charge in [0.25, 0.3) is 0 Å². The summed E-state index contributed by atoms with van der Waals surface area (Å²) in [7, 11) is 0. The Hall–Kier alpha value is -8.86. The Labute approximate surface area is 402 Å². The number of aromatic nitrogens is 3. The average molecular weight is 883 g/mol. The van der Waals surface area contributed by atoms with Crippen molar-refractivity contribution < 1.29 is 0 Å². The molecule has 0 radical (unpaired) electrons. The molecule has 0 unspecified atom stereocenters. The van der Waals surface area contributed by atoms with Crippen molar-refractivity contribution in [1.82, 2.24) is 14.5 Å². The van der Waals surface area contributed by atoms with E-state index in [1.807, 2.05) is 18.2 Å². The molecular weight excluding hydrogens is 837 g/mol. The second-order valence-electron chi connectivity index (χ2n) is 18.6. The third-order valence-corrected chi connectivity index (χ3v) is 14.2. The van der Waals surface area contributed by atoms with Crippen molar-refractivity contribution in [3.63, 3.8) is 0 Å². The first kappa shape index (κ1) is 40.4. The van der Waals surface area contributed by atoms with Gasteiger partial charge in [-0.15, -0.1) is 0 Å². The van der Waals surface area contributed by atoms with Crippen LogP contribution in [0, 0.1) is 0 Å². The summed E-state index contributed by atoms with van der Waals surface area (Å²) >= 11 is 0. The van der Waals surface area contributed by atoms with E-state index < -0.39 is 0 Å². The number of hydrogen-bond acceptors (Lipinski definition) is 3. The van der Waals surface area contributed by atoms with Gasteiger partial charge in [0.1, 0.15) is 0 Å². The van der Waals surface area contributed by atoms with Crippen molar-refractivity contribution in [1.29, 1.82) is 0 Å². The van der Waals surface area contributed by atoms with Gasteiger partial charge in [0.2, 0.25) is 0 Å². The van der Waals surface area contributed by atoms with Gasteiger partial charge in [-0.1, -0.05) is 196 Å². The molecule has 4 nitrogen and oxygen atoms in total. The fourth-order valence-electron chi connectivity index (χ4n) is 10.8. The number of benzene rings is 10. The number of hydrogen-bond donors (Lipinski definition) is 0. The van der Waals surface area contributed by atoms with E-state index in [2.05, 4.69) is 248 Å². The standard InChI is InChI=1S/C65H46N4/c1-65(2)54-29-14-15-30-58(54)68(50-24-10-5-11-25-50)59-38-37-48(41-55(59)65)53-28-17-31-60-63(53)62-52-27-13-12-20-45(52)36-39-61(62)69(60)51-26-16-23-49(40-51)57-42-56(66-64(67-57)47-21-8-4-9-22-47)46-34-32-44(33-35-46)43-18-6-3-7-19-43/h3-42H,1-2H3. The van der Waals surface area contributed by atoms with Crippen LogP contribution < -0.4 is 4.90 Å². The highest BCUT2D eigenvalue weighted by molar-refractivity contribution is 6.25. The molecule has 326 valence electrons. The molecule has 4 heteroatoms. The molecule has 0 amide bonds. The van der Waals surface area contributed by atoms with Crippen molar-refractivity contribution in [2.75, 3.05) is 4.90 Å². The maximum Gasteiger partial charge on any atom is 0.160 e. The van der Waals surface area contributed by atoms with Crippen molar-refractivity contribution in [3.05, 3.63) is 254 Å². The highest BCUT2D eigenvalue weighted by atomic mass is 15.2. The lowest BCUT2D eigenvalue weighted by atomic mass is 9.73. The first-order chi connectivity index (χ1) is 34.0. The fourth-order valence-corrected chi connectivity index (χ4v) is 10.8. The number of rotatable bonds is 7. The first-order valence-electron chi connectivity index (χ1n) is 23.7. The second kappa shape index (κ2) is 16.2. The predicted molar refractivity (Wildman–Crippen MR) is 288 cm³/mol. The normalized spacial score (nSPS) is 12.9. The van der Waals surface area contributed by atoms with Crippen LogP contribution >= 0.6 is 0 Å². The number of anilines is 3. The van der Waals surface area contributed by atoms with Crippen molar-refractivity contribution >= 4 is 49.6 Å². The smallest absolute Gasteiger partial charge is 0.160 e. The molecule has 12 aromatic rings. The van der Waals surface area contributed by atoms with Gasteiger partial charge in [0, 0.05) is 44.3 Å². The van der Waals surface area contributed by atoms with Crippen LogP contribution in [0.15, 0.2) is 243 Å². The summed E-state index contributed by atoms with van der Waals surface area (Å²) < 4.78 is 2.45. The Kier molecular flexibility index (Phi) is 9.48. The molecule has 10 aromatic carbocycles. The van der Waals surface area contributed by atoms with Crippen molar-refractivity contribution in [2.24, 2.45) is 0 Å². The van der Waals surface area contributed by atoms with Gasteiger partial charge in [-0.25, -0.2) is 9.97 Å². The van der Waals surface area contributed by atoms with E-state index in [9.17, 15) is 0 Å². The molecule has 0 saturated carbocycles. The quantitative estimate of drug-likeness (QED) is 0.160. The number of nitrogens with zero attached hydrogens (tertiary/aromatic N) is 4. The van der Waals surface area contributed by atoms with E-state index in [1.54, 1.807) is 0 Å². The topological polar surface area (TPSA) is 34.0 Å². The summed E-state index contributed by atoms with van der Waals surface area (Å²) in [6.45, 7) is 4.74. The van der Waals surface area contributed by atoms with Gasteiger partial charge < -0.3 is 9.47 Å². The molecular formula is C65H46N4. The molecule has 13 rings (SSSR count). The highest BCUT2D eigenvalue weighted by Gasteiger charge is 2.37. The Morgan fingerprint density at radius 1 is 0.362 bits per heavy atom. The second-order valence-corrected chi connectivity index (χ2v) is 18.6. The molecule has 2 aromatic heterocycles. The lowest BCUT2D eigenvalue weighted by Crippen LogP contribution is -2.30. The van der Waals surface area contributed by atoms with Gasteiger partial charge in [-0.3, -0.25) is 0 Å². The van der Waals surface area contributed by atoms with Gasteiger partial charge in [-0.05, 0) is 105 Å². The summed E-state index contributed by atoms with van der Waals surface area (Å²) in [4.78, 5) is 12.9. The molecule has 0 spiro atoms. The Bertz CT molecular complexity index is 3910. The monoisotopic (exact) mass is 882 g/mol. The van der Waals surface area contributed by atoms with Crippen LogP contribution in [0.5, 0.6) is 0 Å². The van der Waals surface area contributed by atoms with Crippen molar-refractivity contribution in [3.8, 4) is 61.8 Å². The number of para-hydroxylation sites is 2. The average Bonchev–Trinajstić information content (AvgIpc) is 3.77. The molecule has 0 atom stereocenters. The maximum absolute atomic E-state index is 5.27. The summed E-state index contributed by atoms with van der Waals surface area (Å²) in [5, 5.41) is 4.93. The van der Waals surface area contributed by atoms with Crippen LogP contribution in [0.25, 0.3) is 94.4 Å². The van der Waals surface area contributed by atoms with Crippen LogP contribution in [0.2, 0.25) is 0 Å². The summed E-state index contributed by atoms with van der Waals surface area (Å²) in [5.41, 5.74) is 18.8. The van der Waals surface area contributed by atoms with Gasteiger partial charge in [0.05, 0.1) is 33.8 Å². The van der Waals surface area contributed by atoms with Crippen LogP contribution in [0.4, 0.5) is 17.1 Å². The molecule has 0 fully saturated rings. The van der Waals surface area contributed by atoms with Gasteiger partial charge in [-0.2, -0.15) is 0 Å². The zero-order valence-electron chi connectivity index (χ0n) is 38.4. The Morgan fingerprint density at radius 3 is 1.74 bits per heavy atom. The fraction of sp³-hybridized carbons (Fsp3) is 0.0462. The molecule has 0 bridgehead atoms. The van der Waals surface area contributed by atoms with Gasteiger partial charge >= 0.3 is 0 Å². The van der Waals surface area contributed by atoms with E-state index in [1.165, 1.54) is 66.3 Å². The SMILES string of the molecule is CC1(C)c2ccccc2N(c2ccccc2)c2ccc(-c3cccc4c3c3c5ccccc5ccc3n4-c3cccc(-c4cc(-c5ccc(-c6ccccc6)cc5)nc(-c5ccccc5)n4)c3)cc21. The molecule has 0 N–H and O–H groups in total. The lowest BCUT2D eigenvalue weighted by Gasteiger charge is -2.42. The van der Waals surface area contributed by atoms with Crippen LogP contribution in [-0.4, -0.2) is 14.5 Å². The van der Waals surface area contributed by atoms with E-state index in [-0.39, 0.29) is 5.41 Å². The van der Waals surface area contributed by atoms with Crippen molar-refractivity contribution in [2.45, 2.75) is 19.3 Å². The van der Waals surface area contributed by atoms with E-state index in [4.69, 9.17) is 9.97 Å². The van der Waals surface area contributed by atoms with Crippen LogP contribution in [0.3, 0.4) is 0 Å².